The zero-order valence-corrected chi connectivity index (χ0v) is 11.1. The first-order valence-electron chi connectivity index (χ1n) is 5.22. The number of halogens is 1. The van der Waals surface area contributed by atoms with Gasteiger partial charge in [-0.15, -0.1) is 0 Å². The molecule has 0 aliphatic heterocycles. The van der Waals surface area contributed by atoms with E-state index in [9.17, 15) is 12.8 Å². The van der Waals surface area contributed by atoms with Crippen molar-refractivity contribution in [1.82, 2.24) is 10.2 Å². The van der Waals surface area contributed by atoms with Gasteiger partial charge in [0.2, 0.25) is 0 Å². The highest BCUT2D eigenvalue weighted by molar-refractivity contribution is 7.90. The predicted molar refractivity (Wildman–Crippen MR) is 68.1 cm³/mol. The van der Waals surface area contributed by atoms with Crippen molar-refractivity contribution in [1.29, 1.82) is 0 Å². The maximum atomic E-state index is 14.2. The summed E-state index contributed by atoms with van der Waals surface area (Å²) in [4.78, 5) is -0.416. The number of nitrogens with two attached hydrogens (primary N) is 1. The number of hydrogen-bond acceptors (Lipinski definition) is 5. The number of rotatable bonds is 3. The van der Waals surface area contributed by atoms with Crippen molar-refractivity contribution in [2.24, 2.45) is 0 Å². The lowest BCUT2D eigenvalue weighted by Gasteiger charge is -2.10. The Bertz CT molecular complexity index is 725. The van der Waals surface area contributed by atoms with Gasteiger partial charge in [0.15, 0.2) is 21.4 Å². The van der Waals surface area contributed by atoms with E-state index in [4.69, 9.17) is 10.5 Å². The normalized spacial score (nSPS) is 11.5. The Morgan fingerprint density at radius 2 is 2.11 bits per heavy atom. The number of anilines is 1. The fourth-order valence-corrected chi connectivity index (χ4v) is 2.44. The molecular formula is C11H12FN3O3S. The van der Waals surface area contributed by atoms with Crippen LogP contribution >= 0.6 is 0 Å². The number of aromatic amines is 1. The molecule has 0 spiro atoms. The minimum Gasteiger partial charge on any atom is -0.493 e. The molecule has 0 amide bonds. The van der Waals surface area contributed by atoms with Gasteiger partial charge in [-0.2, -0.15) is 5.10 Å². The summed E-state index contributed by atoms with van der Waals surface area (Å²) in [5.41, 5.74) is 6.25. The Morgan fingerprint density at radius 1 is 1.42 bits per heavy atom. The largest absolute Gasteiger partial charge is 0.493 e. The summed E-state index contributed by atoms with van der Waals surface area (Å²) in [6, 6.07) is 4.11. The van der Waals surface area contributed by atoms with E-state index in [1.165, 1.54) is 25.3 Å². The van der Waals surface area contributed by atoms with Gasteiger partial charge < -0.3 is 10.5 Å². The molecule has 0 aliphatic carbocycles. The number of hydrogen-bond donors (Lipinski definition) is 2. The second-order valence-corrected chi connectivity index (χ2v) is 5.92. The molecule has 0 radical (unpaired) electrons. The standard InChI is InChI=1S/C11H12FN3O3S/c1-18-11-6(7-5-9(13)15-14-7)3-4-8(10(11)12)19(2,16)17/h3-5H,1-2H3,(H3,13,14,15). The molecule has 6 nitrogen and oxygen atoms in total. The lowest BCUT2D eigenvalue weighted by atomic mass is 10.1. The molecule has 3 N–H and O–H groups in total. The van der Waals surface area contributed by atoms with Crippen molar-refractivity contribution in [3.05, 3.63) is 24.0 Å². The second kappa shape index (κ2) is 4.54. The summed E-state index contributed by atoms with van der Waals surface area (Å²) in [7, 11) is -2.41. The van der Waals surface area contributed by atoms with Gasteiger partial charge in [-0.1, -0.05) is 0 Å². The Morgan fingerprint density at radius 3 is 2.58 bits per heavy atom. The molecule has 0 saturated heterocycles. The van der Waals surface area contributed by atoms with Crippen LogP contribution in [0.25, 0.3) is 11.3 Å². The smallest absolute Gasteiger partial charge is 0.184 e. The average Bonchev–Trinajstić information content (AvgIpc) is 2.73. The Hall–Kier alpha value is -2.09. The van der Waals surface area contributed by atoms with Crippen molar-refractivity contribution < 1.29 is 17.5 Å². The lowest BCUT2D eigenvalue weighted by Crippen LogP contribution is -2.03. The highest BCUT2D eigenvalue weighted by atomic mass is 32.2. The molecule has 0 saturated carbocycles. The molecular weight excluding hydrogens is 273 g/mol. The second-order valence-electron chi connectivity index (χ2n) is 3.94. The molecule has 102 valence electrons. The van der Waals surface area contributed by atoms with Gasteiger partial charge in [0, 0.05) is 17.9 Å². The summed E-state index contributed by atoms with van der Waals surface area (Å²) < 4.78 is 42.0. The van der Waals surface area contributed by atoms with Gasteiger partial charge in [0.05, 0.1) is 12.8 Å². The first-order chi connectivity index (χ1) is 8.84. The maximum absolute atomic E-state index is 14.2. The number of methoxy groups -OCH3 is 1. The highest BCUT2D eigenvalue weighted by Gasteiger charge is 2.22. The van der Waals surface area contributed by atoms with Crippen LogP contribution in [0.3, 0.4) is 0 Å². The number of nitrogens with one attached hydrogen (secondary N) is 1. The van der Waals surface area contributed by atoms with E-state index in [2.05, 4.69) is 10.2 Å². The fourth-order valence-electron chi connectivity index (χ4n) is 1.71. The number of nitrogens with zero attached hydrogens (tertiary/aromatic N) is 1. The molecule has 19 heavy (non-hydrogen) atoms. The third kappa shape index (κ3) is 2.39. The zero-order valence-electron chi connectivity index (χ0n) is 10.3. The van der Waals surface area contributed by atoms with Gasteiger partial charge in [-0.05, 0) is 12.1 Å². The van der Waals surface area contributed by atoms with Crippen molar-refractivity contribution in [2.75, 3.05) is 19.1 Å². The molecule has 0 atom stereocenters. The zero-order chi connectivity index (χ0) is 14.2. The predicted octanol–water partition coefficient (Wildman–Crippen LogP) is 1.21. The third-order valence-electron chi connectivity index (χ3n) is 2.55. The van der Waals surface area contributed by atoms with Crippen molar-refractivity contribution >= 4 is 15.7 Å². The highest BCUT2D eigenvalue weighted by Crippen LogP contribution is 2.35. The van der Waals surface area contributed by atoms with E-state index in [1.807, 2.05) is 0 Å². The van der Waals surface area contributed by atoms with E-state index >= 15 is 0 Å². The summed E-state index contributed by atoms with van der Waals surface area (Å²) in [5, 5.41) is 6.34. The number of sulfone groups is 1. The van der Waals surface area contributed by atoms with Crippen LogP contribution in [0.5, 0.6) is 5.75 Å². The van der Waals surface area contributed by atoms with Crippen LogP contribution < -0.4 is 10.5 Å². The lowest BCUT2D eigenvalue weighted by molar-refractivity contribution is 0.382. The first kappa shape index (κ1) is 13.3. The summed E-state index contributed by atoms with van der Waals surface area (Å²) in [6.45, 7) is 0. The monoisotopic (exact) mass is 285 g/mol. The molecule has 0 bridgehead atoms. The molecule has 2 aromatic rings. The minimum absolute atomic E-state index is 0.174. The van der Waals surface area contributed by atoms with Crippen LogP contribution in [-0.2, 0) is 9.84 Å². The van der Waals surface area contributed by atoms with Crippen molar-refractivity contribution in [3.8, 4) is 17.0 Å². The van der Waals surface area contributed by atoms with Crippen molar-refractivity contribution in [3.63, 3.8) is 0 Å². The summed E-state index contributed by atoms with van der Waals surface area (Å²) >= 11 is 0. The van der Waals surface area contributed by atoms with Crippen molar-refractivity contribution in [2.45, 2.75) is 4.90 Å². The van der Waals surface area contributed by atoms with Crippen LogP contribution in [0.2, 0.25) is 0 Å². The fraction of sp³-hybridized carbons (Fsp3) is 0.182. The van der Waals surface area contributed by atoms with E-state index in [1.54, 1.807) is 0 Å². The van der Waals surface area contributed by atoms with Crippen LogP contribution in [0.4, 0.5) is 10.2 Å². The first-order valence-corrected chi connectivity index (χ1v) is 7.11. The van der Waals surface area contributed by atoms with Crippen LogP contribution in [0.15, 0.2) is 23.1 Å². The van der Waals surface area contributed by atoms with Crippen LogP contribution in [-0.4, -0.2) is 32.0 Å². The Kier molecular flexibility index (Phi) is 3.19. The van der Waals surface area contributed by atoms with E-state index in [0.29, 0.717) is 11.3 Å². The Balaban J connectivity index is 2.69. The number of benzene rings is 1. The number of nitrogen functional groups attached to an aromatic ring is 1. The van der Waals surface area contributed by atoms with Gasteiger partial charge in [-0.25, -0.2) is 12.8 Å². The molecule has 0 fully saturated rings. The SMILES string of the molecule is COc1c(-c2cc(N)n[nH]2)ccc(S(C)(=O)=O)c1F. The number of ether oxygens (including phenoxy) is 1. The number of aromatic nitrogens is 2. The quantitative estimate of drug-likeness (QED) is 0.883. The van der Waals surface area contributed by atoms with Gasteiger partial charge in [-0.3, -0.25) is 5.10 Å². The molecule has 0 aliphatic rings. The van der Waals surface area contributed by atoms with Gasteiger partial charge in [0.1, 0.15) is 10.7 Å². The summed E-state index contributed by atoms with van der Waals surface area (Å²) in [5.74, 6) is -0.869. The van der Waals surface area contributed by atoms with Crippen LogP contribution in [0, 0.1) is 5.82 Å². The van der Waals surface area contributed by atoms with Gasteiger partial charge >= 0.3 is 0 Å². The van der Waals surface area contributed by atoms with Gasteiger partial charge in [0.25, 0.3) is 0 Å². The third-order valence-corrected chi connectivity index (χ3v) is 3.67. The average molecular weight is 285 g/mol. The number of H-pyrrole nitrogens is 1. The van der Waals surface area contributed by atoms with E-state index < -0.39 is 20.5 Å². The molecule has 1 aromatic heterocycles. The molecule has 1 aromatic carbocycles. The van der Waals surface area contributed by atoms with E-state index in [-0.39, 0.29) is 11.6 Å². The molecule has 0 unspecified atom stereocenters. The molecule has 8 heteroatoms. The topological polar surface area (TPSA) is 98.1 Å². The summed E-state index contributed by atoms with van der Waals surface area (Å²) in [6.07, 6.45) is 0.929. The Labute approximate surface area is 109 Å². The van der Waals surface area contributed by atoms with Crippen LogP contribution in [0.1, 0.15) is 0 Å². The molecule has 2 rings (SSSR count). The maximum Gasteiger partial charge on any atom is 0.184 e. The van der Waals surface area contributed by atoms with E-state index in [0.717, 1.165) is 6.26 Å². The molecule has 1 heterocycles. The minimum atomic E-state index is -3.67.